The van der Waals surface area contributed by atoms with E-state index in [2.05, 4.69) is 35.8 Å². The van der Waals surface area contributed by atoms with Crippen molar-refractivity contribution in [3.63, 3.8) is 0 Å². The van der Waals surface area contributed by atoms with E-state index in [-0.39, 0.29) is 6.61 Å². The van der Waals surface area contributed by atoms with Gasteiger partial charge in [0.05, 0.1) is 12.7 Å². The molecule has 0 heterocycles. The van der Waals surface area contributed by atoms with Crippen LogP contribution >= 0.6 is 11.8 Å². The third-order valence-electron chi connectivity index (χ3n) is 3.06. The van der Waals surface area contributed by atoms with Gasteiger partial charge >= 0.3 is 0 Å². The second-order valence-corrected chi connectivity index (χ2v) is 5.34. The monoisotopic (exact) mass is 289 g/mol. The lowest BCUT2D eigenvalue weighted by Crippen LogP contribution is -2.22. The molecule has 0 saturated carbocycles. The topological polar surface area (TPSA) is 52.5 Å². The van der Waals surface area contributed by atoms with Gasteiger partial charge in [0.25, 0.3) is 0 Å². The van der Waals surface area contributed by atoms with Crippen LogP contribution in [0, 0.1) is 0 Å². The van der Waals surface area contributed by atoms with E-state index >= 15 is 0 Å². The SMILES string of the molecule is CSc1ccccc1-c1ccc(NCC(O)CO)cc1. The summed E-state index contributed by atoms with van der Waals surface area (Å²) in [5.41, 5.74) is 3.33. The molecular weight excluding hydrogens is 270 g/mol. The van der Waals surface area contributed by atoms with Crippen molar-refractivity contribution in [2.45, 2.75) is 11.0 Å². The largest absolute Gasteiger partial charge is 0.394 e. The first kappa shape index (κ1) is 14.9. The quantitative estimate of drug-likeness (QED) is 0.716. The van der Waals surface area contributed by atoms with Gasteiger partial charge in [-0.05, 0) is 35.6 Å². The number of benzene rings is 2. The molecule has 0 amide bonds. The smallest absolute Gasteiger partial charge is 0.0942 e. The second kappa shape index (κ2) is 7.33. The molecule has 0 spiro atoms. The van der Waals surface area contributed by atoms with Crippen LogP contribution in [-0.2, 0) is 0 Å². The molecule has 0 aromatic heterocycles. The summed E-state index contributed by atoms with van der Waals surface area (Å²) in [6.07, 6.45) is 1.34. The summed E-state index contributed by atoms with van der Waals surface area (Å²) in [5, 5.41) is 21.2. The van der Waals surface area contributed by atoms with E-state index in [0.717, 1.165) is 5.69 Å². The summed E-state index contributed by atoms with van der Waals surface area (Å²) in [6.45, 7) is 0.115. The van der Waals surface area contributed by atoms with Crippen molar-refractivity contribution in [3.05, 3.63) is 48.5 Å². The van der Waals surface area contributed by atoms with Crippen LogP contribution in [0.2, 0.25) is 0 Å². The van der Waals surface area contributed by atoms with Gasteiger partial charge in [0, 0.05) is 17.1 Å². The fourth-order valence-electron chi connectivity index (χ4n) is 1.95. The minimum Gasteiger partial charge on any atom is -0.394 e. The molecule has 1 unspecified atom stereocenters. The van der Waals surface area contributed by atoms with Gasteiger partial charge in [0.15, 0.2) is 0 Å². The van der Waals surface area contributed by atoms with Crippen molar-refractivity contribution >= 4 is 17.4 Å². The van der Waals surface area contributed by atoms with E-state index in [1.165, 1.54) is 16.0 Å². The van der Waals surface area contributed by atoms with Gasteiger partial charge in [0.2, 0.25) is 0 Å². The van der Waals surface area contributed by atoms with Crippen molar-refractivity contribution in [2.24, 2.45) is 0 Å². The van der Waals surface area contributed by atoms with Crippen LogP contribution in [0.3, 0.4) is 0 Å². The Labute approximate surface area is 123 Å². The Kier molecular flexibility index (Phi) is 5.47. The first-order valence-electron chi connectivity index (χ1n) is 6.51. The predicted octanol–water partition coefficient (Wildman–Crippen LogP) is 2.84. The molecule has 20 heavy (non-hydrogen) atoms. The maximum Gasteiger partial charge on any atom is 0.0942 e. The van der Waals surface area contributed by atoms with Gasteiger partial charge in [-0.2, -0.15) is 0 Å². The third kappa shape index (κ3) is 3.76. The molecule has 0 aliphatic carbocycles. The van der Waals surface area contributed by atoms with Crippen LogP contribution in [-0.4, -0.2) is 35.7 Å². The Morgan fingerprint density at radius 2 is 1.80 bits per heavy atom. The first-order valence-corrected chi connectivity index (χ1v) is 7.73. The van der Waals surface area contributed by atoms with E-state index in [4.69, 9.17) is 5.11 Å². The summed E-state index contributed by atoms with van der Waals surface area (Å²) < 4.78 is 0. The van der Waals surface area contributed by atoms with Crippen molar-refractivity contribution in [3.8, 4) is 11.1 Å². The summed E-state index contributed by atoms with van der Waals surface area (Å²) in [6, 6.07) is 16.4. The van der Waals surface area contributed by atoms with E-state index in [0.29, 0.717) is 6.54 Å². The number of anilines is 1. The molecule has 0 radical (unpaired) electrons. The standard InChI is InChI=1S/C16H19NO2S/c1-20-16-5-3-2-4-15(16)12-6-8-13(9-7-12)17-10-14(19)11-18/h2-9,14,17-19H,10-11H2,1H3. The number of hydrogen-bond donors (Lipinski definition) is 3. The Morgan fingerprint density at radius 1 is 1.10 bits per heavy atom. The van der Waals surface area contributed by atoms with Gasteiger partial charge in [-0.1, -0.05) is 30.3 Å². The number of hydrogen-bond acceptors (Lipinski definition) is 4. The van der Waals surface area contributed by atoms with Crippen molar-refractivity contribution in [1.82, 2.24) is 0 Å². The molecule has 2 aromatic rings. The van der Waals surface area contributed by atoms with E-state index in [1.807, 2.05) is 24.3 Å². The van der Waals surface area contributed by atoms with Crippen LogP contribution in [0.4, 0.5) is 5.69 Å². The molecule has 3 nitrogen and oxygen atoms in total. The number of aliphatic hydroxyl groups is 2. The molecule has 0 aliphatic heterocycles. The number of thioether (sulfide) groups is 1. The van der Waals surface area contributed by atoms with E-state index in [9.17, 15) is 5.11 Å². The van der Waals surface area contributed by atoms with Crippen molar-refractivity contribution < 1.29 is 10.2 Å². The lowest BCUT2D eigenvalue weighted by molar-refractivity contribution is 0.105. The Hall–Kier alpha value is -1.49. The Morgan fingerprint density at radius 3 is 2.45 bits per heavy atom. The van der Waals surface area contributed by atoms with Crippen LogP contribution in [0.15, 0.2) is 53.4 Å². The molecule has 2 aromatic carbocycles. The Bertz CT molecular complexity index is 542. The second-order valence-electron chi connectivity index (χ2n) is 4.49. The molecule has 0 saturated heterocycles. The Balaban J connectivity index is 2.11. The number of nitrogens with one attached hydrogen (secondary N) is 1. The van der Waals surface area contributed by atoms with Crippen LogP contribution in [0.25, 0.3) is 11.1 Å². The van der Waals surface area contributed by atoms with Gasteiger partial charge < -0.3 is 15.5 Å². The maximum atomic E-state index is 9.30. The highest BCUT2D eigenvalue weighted by Gasteiger charge is 2.04. The highest BCUT2D eigenvalue weighted by Crippen LogP contribution is 2.30. The highest BCUT2D eigenvalue weighted by atomic mass is 32.2. The van der Waals surface area contributed by atoms with Gasteiger partial charge in [-0.15, -0.1) is 11.8 Å². The minimum absolute atomic E-state index is 0.230. The average molecular weight is 289 g/mol. The third-order valence-corrected chi connectivity index (χ3v) is 3.85. The summed E-state index contributed by atoms with van der Waals surface area (Å²) in [7, 11) is 0. The van der Waals surface area contributed by atoms with Gasteiger partial charge in [-0.3, -0.25) is 0 Å². The van der Waals surface area contributed by atoms with Crippen LogP contribution < -0.4 is 5.32 Å². The average Bonchev–Trinajstić information content (AvgIpc) is 2.53. The zero-order chi connectivity index (χ0) is 14.4. The molecule has 0 fully saturated rings. The molecule has 4 heteroatoms. The molecule has 0 aliphatic rings. The number of aliphatic hydroxyl groups excluding tert-OH is 2. The fraction of sp³-hybridized carbons (Fsp3) is 0.250. The molecule has 0 bridgehead atoms. The van der Waals surface area contributed by atoms with Crippen LogP contribution in [0.1, 0.15) is 0 Å². The van der Waals surface area contributed by atoms with Crippen molar-refractivity contribution in [1.29, 1.82) is 0 Å². The molecule has 3 N–H and O–H groups in total. The zero-order valence-corrected chi connectivity index (χ0v) is 12.2. The summed E-state index contributed by atoms with van der Waals surface area (Å²) in [4.78, 5) is 1.25. The van der Waals surface area contributed by atoms with E-state index < -0.39 is 6.10 Å². The van der Waals surface area contributed by atoms with Crippen LogP contribution in [0.5, 0.6) is 0 Å². The summed E-state index contributed by atoms with van der Waals surface area (Å²) >= 11 is 1.74. The van der Waals surface area contributed by atoms with E-state index in [1.54, 1.807) is 11.8 Å². The number of rotatable bonds is 6. The van der Waals surface area contributed by atoms with Gasteiger partial charge in [0.1, 0.15) is 0 Å². The van der Waals surface area contributed by atoms with Gasteiger partial charge in [-0.25, -0.2) is 0 Å². The summed E-state index contributed by atoms with van der Waals surface area (Å²) in [5.74, 6) is 0. The zero-order valence-electron chi connectivity index (χ0n) is 11.4. The lowest BCUT2D eigenvalue weighted by atomic mass is 10.1. The van der Waals surface area contributed by atoms with Crippen molar-refractivity contribution in [2.75, 3.05) is 24.7 Å². The first-order chi connectivity index (χ1) is 9.74. The fourth-order valence-corrected chi connectivity index (χ4v) is 2.57. The molecular formula is C16H19NO2S. The molecule has 1 atom stereocenters. The maximum absolute atomic E-state index is 9.30. The minimum atomic E-state index is -0.730. The molecule has 106 valence electrons. The normalized spacial score (nSPS) is 12.2. The highest BCUT2D eigenvalue weighted by molar-refractivity contribution is 7.98. The predicted molar refractivity (Wildman–Crippen MR) is 85.2 cm³/mol. The lowest BCUT2D eigenvalue weighted by Gasteiger charge is -2.11. The molecule has 2 rings (SSSR count).